The molecule has 0 radical (unpaired) electrons. The normalized spacial score (nSPS) is 11.5. The Morgan fingerprint density at radius 2 is 2.21 bits per heavy atom. The predicted octanol–water partition coefficient (Wildman–Crippen LogP) is -0.264. The van der Waals surface area contributed by atoms with Crippen LogP contribution in [-0.2, 0) is 16.4 Å². The van der Waals surface area contributed by atoms with Crippen molar-refractivity contribution in [3.05, 3.63) is 21.6 Å². The van der Waals surface area contributed by atoms with Crippen molar-refractivity contribution >= 4 is 27.1 Å². The van der Waals surface area contributed by atoms with Crippen molar-refractivity contribution in [2.45, 2.75) is 13.5 Å². The van der Waals surface area contributed by atoms with E-state index in [9.17, 15) is 13.2 Å². The lowest BCUT2D eigenvalue weighted by Crippen LogP contribution is -2.26. The minimum atomic E-state index is -3.07. The number of sulfone groups is 1. The van der Waals surface area contributed by atoms with Gasteiger partial charge in [0, 0.05) is 12.3 Å². The van der Waals surface area contributed by atoms with Gasteiger partial charge in [-0.15, -0.1) is 0 Å². The molecule has 0 fully saturated rings. The van der Waals surface area contributed by atoms with Gasteiger partial charge in [-0.2, -0.15) is 5.10 Å². The van der Waals surface area contributed by atoms with Gasteiger partial charge in [-0.3, -0.25) is 4.79 Å². The largest absolute Gasteiger partial charge is 0.394 e. The van der Waals surface area contributed by atoms with Gasteiger partial charge in [0.2, 0.25) is 0 Å². The Morgan fingerprint density at radius 3 is 2.79 bits per heavy atom. The zero-order valence-corrected chi connectivity index (χ0v) is 12.0. The summed E-state index contributed by atoms with van der Waals surface area (Å²) < 4.78 is 23.6. The standard InChI is InChI=1S/C10H16ClN3O4S/c1-2-19(17,18)6-3-12-8-7-13-14(4-5-15)10(16)9(8)11/h7,12,15H,2-6H2,1H3. The average molecular weight is 310 g/mol. The van der Waals surface area contributed by atoms with Crippen molar-refractivity contribution in [2.24, 2.45) is 0 Å². The monoisotopic (exact) mass is 309 g/mol. The SMILES string of the molecule is CCS(=O)(=O)CCNc1cnn(CCO)c(=O)c1Cl. The summed E-state index contributed by atoms with van der Waals surface area (Å²) in [5, 5.41) is 15.2. The van der Waals surface area contributed by atoms with E-state index < -0.39 is 15.4 Å². The summed E-state index contributed by atoms with van der Waals surface area (Å²) in [7, 11) is -3.07. The molecule has 0 bridgehead atoms. The first-order chi connectivity index (χ1) is 8.91. The highest BCUT2D eigenvalue weighted by molar-refractivity contribution is 7.91. The maximum atomic E-state index is 11.7. The second kappa shape index (κ2) is 6.88. The second-order valence-corrected chi connectivity index (χ2v) is 6.64. The number of hydrogen-bond acceptors (Lipinski definition) is 6. The smallest absolute Gasteiger partial charge is 0.287 e. The zero-order chi connectivity index (χ0) is 14.5. The van der Waals surface area contributed by atoms with Crippen LogP contribution < -0.4 is 10.9 Å². The third-order valence-electron chi connectivity index (χ3n) is 2.47. The molecule has 0 amide bonds. The highest BCUT2D eigenvalue weighted by Gasteiger charge is 2.11. The van der Waals surface area contributed by atoms with Gasteiger partial charge in [0.25, 0.3) is 5.56 Å². The Balaban J connectivity index is 2.76. The molecule has 0 saturated heterocycles. The summed E-state index contributed by atoms with van der Waals surface area (Å²) in [6.45, 7) is 1.56. The number of aliphatic hydroxyl groups excluding tert-OH is 1. The van der Waals surface area contributed by atoms with Crippen LogP contribution in [0.1, 0.15) is 6.92 Å². The van der Waals surface area contributed by atoms with Crippen molar-refractivity contribution < 1.29 is 13.5 Å². The summed E-state index contributed by atoms with van der Waals surface area (Å²) >= 11 is 5.85. The van der Waals surface area contributed by atoms with Crippen LogP contribution in [0.3, 0.4) is 0 Å². The molecule has 0 saturated carbocycles. The van der Waals surface area contributed by atoms with Gasteiger partial charge in [-0.25, -0.2) is 13.1 Å². The third kappa shape index (κ3) is 4.48. The molecule has 0 aromatic carbocycles. The average Bonchev–Trinajstić information content (AvgIpc) is 2.38. The summed E-state index contributed by atoms with van der Waals surface area (Å²) in [4.78, 5) is 11.7. The van der Waals surface area contributed by atoms with Crippen molar-refractivity contribution in [1.82, 2.24) is 9.78 Å². The highest BCUT2D eigenvalue weighted by Crippen LogP contribution is 2.14. The summed E-state index contributed by atoms with van der Waals surface area (Å²) in [6, 6.07) is 0. The maximum Gasteiger partial charge on any atom is 0.287 e. The van der Waals surface area contributed by atoms with Crippen LogP contribution in [0.4, 0.5) is 5.69 Å². The maximum absolute atomic E-state index is 11.7. The second-order valence-electron chi connectivity index (χ2n) is 3.79. The molecule has 0 aliphatic heterocycles. The molecule has 0 aliphatic carbocycles. The molecule has 1 heterocycles. The Bertz CT molecular complexity index is 585. The molecule has 0 spiro atoms. The number of nitrogens with zero attached hydrogens (tertiary/aromatic N) is 2. The molecule has 0 atom stereocenters. The number of aliphatic hydroxyl groups is 1. The van der Waals surface area contributed by atoms with E-state index >= 15 is 0 Å². The molecular formula is C10H16ClN3O4S. The molecule has 1 aromatic rings. The van der Waals surface area contributed by atoms with E-state index in [1.165, 1.54) is 6.20 Å². The van der Waals surface area contributed by atoms with Gasteiger partial charge < -0.3 is 10.4 Å². The minimum Gasteiger partial charge on any atom is -0.394 e. The van der Waals surface area contributed by atoms with Gasteiger partial charge in [0.1, 0.15) is 5.02 Å². The quantitative estimate of drug-likeness (QED) is 0.719. The molecule has 1 aromatic heterocycles. The lowest BCUT2D eigenvalue weighted by Gasteiger charge is -2.09. The fourth-order valence-electron chi connectivity index (χ4n) is 1.33. The molecule has 0 unspecified atom stereocenters. The summed E-state index contributed by atoms with van der Waals surface area (Å²) in [5.41, 5.74) is -0.244. The van der Waals surface area contributed by atoms with Crippen LogP contribution in [0.15, 0.2) is 11.0 Å². The van der Waals surface area contributed by atoms with Crippen molar-refractivity contribution in [3.63, 3.8) is 0 Å². The van der Waals surface area contributed by atoms with Gasteiger partial charge >= 0.3 is 0 Å². The lowest BCUT2D eigenvalue weighted by atomic mass is 10.4. The minimum absolute atomic E-state index is 0.0421. The molecule has 19 heavy (non-hydrogen) atoms. The van der Waals surface area contributed by atoms with Crippen molar-refractivity contribution in [2.75, 3.05) is 30.0 Å². The molecule has 1 rings (SSSR count). The van der Waals surface area contributed by atoms with Gasteiger partial charge in [-0.05, 0) is 0 Å². The first kappa shape index (κ1) is 15.9. The van der Waals surface area contributed by atoms with Crippen LogP contribution in [0.25, 0.3) is 0 Å². The fourth-order valence-corrected chi connectivity index (χ4v) is 2.24. The number of hydrogen-bond donors (Lipinski definition) is 2. The number of rotatable bonds is 7. The number of anilines is 1. The van der Waals surface area contributed by atoms with Crippen LogP contribution >= 0.6 is 11.6 Å². The van der Waals surface area contributed by atoms with Crippen LogP contribution in [0.2, 0.25) is 5.02 Å². The zero-order valence-electron chi connectivity index (χ0n) is 10.5. The predicted molar refractivity (Wildman–Crippen MR) is 73.4 cm³/mol. The third-order valence-corrected chi connectivity index (χ3v) is 4.54. The Kier molecular flexibility index (Phi) is 5.77. The van der Waals surface area contributed by atoms with Gasteiger partial charge in [0.05, 0.1) is 30.8 Å². The number of aromatic nitrogens is 2. The van der Waals surface area contributed by atoms with E-state index in [1.54, 1.807) is 6.92 Å². The van der Waals surface area contributed by atoms with E-state index in [0.717, 1.165) is 4.68 Å². The molecule has 0 aliphatic rings. The number of halogens is 1. The highest BCUT2D eigenvalue weighted by atomic mass is 35.5. The first-order valence-electron chi connectivity index (χ1n) is 5.72. The Hall–Kier alpha value is -1.12. The van der Waals surface area contributed by atoms with Gasteiger partial charge in [-0.1, -0.05) is 18.5 Å². The van der Waals surface area contributed by atoms with E-state index in [2.05, 4.69) is 10.4 Å². The van der Waals surface area contributed by atoms with Crippen molar-refractivity contribution in [1.29, 1.82) is 0 Å². The van der Waals surface area contributed by atoms with Crippen LogP contribution in [0, 0.1) is 0 Å². The van der Waals surface area contributed by atoms with Crippen molar-refractivity contribution in [3.8, 4) is 0 Å². The molecule has 9 heteroatoms. The number of nitrogens with one attached hydrogen (secondary N) is 1. The van der Waals surface area contributed by atoms with E-state index in [0.29, 0.717) is 0 Å². The van der Waals surface area contributed by atoms with Gasteiger partial charge in [0.15, 0.2) is 9.84 Å². The first-order valence-corrected chi connectivity index (χ1v) is 7.92. The summed E-state index contributed by atoms with van der Waals surface area (Å²) in [6.07, 6.45) is 1.33. The lowest BCUT2D eigenvalue weighted by molar-refractivity contribution is 0.266. The fraction of sp³-hybridized carbons (Fsp3) is 0.600. The molecular weight excluding hydrogens is 294 g/mol. The molecule has 108 valence electrons. The molecule has 7 nitrogen and oxygen atoms in total. The van der Waals surface area contributed by atoms with E-state index in [-0.39, 0.29) is 41.9 Å². The molecule has 2 N–H and O–H groups in total. The Morgan fingerprint density at radius 1 is 1.53 bits per heavy atom. The van der Waals surface area contributed by atoms with Crippen LogP contribution in [0.5, 0.6) is 0 Å². The Labute approximate surface area is 116 Å². The topological polar surface area (TPSA) is 101 Å². The summed E-state index contributed by atoms with van der Waals surface area (Å²) in [5.74, 6) is 0.0261. The van der Waals surface area contributed by atoms with Crippen LogP contribution in [-0.4, -0.2) is 48.0 Å². The van der Waals surface area contributed by atoms with E-state index in [1.807, 2.05) is 0 Å². The van der Waals surface area contributed by atoms with E-state index in [4.69, 9.17) is 16.7 Å².